The number of carbonyl (C=O) groups is 1. The number of nitrogens with zero attached hydrogens (tertiary/aromatic N) is 1. The van der Waals surface area contributed by atoms with Crippen LogP contribution in [0.25, 0.3) is 0 Å². The summed E-state index contributed by atoms with van der Waals surface area (Å²) in [4.78, 5) is 12.4. The molecule has 4 saturated carbocycles. The third kappa shape index (κ3) is 1.80. The summed E-state index contributed by atoms with van der Waals surface area (Å²) in [7, 11) is 0. The molecule has 4 heteroatoms. The highest BCUT2D eigenvalue weighted by Gasteiger charge is 2.60. The summed E-state index contributed by atoms with van der Waals surface area (Å²) in [5.74, 6) is 0.832. The van der Waals surface area contributed by atoms with Gasteiger partial charge < -0.3 is 5.32 Å². The van der Waals surface area contributed by atoms with Crippen molar-refractivity contribution in [1.82, 2.24) is 15.5 Å². The van der Waals surface area contributed by atoms with Gasteiger partial charge in [0.2, 0.25) is 0 Å². The van der Waals surface area contributed by atoms with Gasteiger partial charge in [-0.1, -0.05) is 13.8 Å². The van der Waals surface area contributed by atoms with Gasteiger partial charge in [-0.05, 0) is 55.3 Å². The number of nitrogens with one attached hydrogen (secondary N) is 2. The van der Waals surface area contributed by atoms with Crippen molar-refractivity contribution < 1.29 is 4.79 Å². The Balaban J connectivity index is 1.63. The molecule has 5 rings (SSSR count). The maximum Gasteiger partial charge on any atom is 0.254 e. The minimum absolute atomic E-state index is 0.0251. The second-order valence-electron chi connectivity index (χ2n) is 8.35. The summed E-state index contributed by atoms with van der Waals surface area (Å²) >= 11 is 0. The van der Waals surface area contributed by atoms with Crippen LogP contribution in [0.5, 0.6) is 0 Å². The smallest absolute Gasteiger partial charge is 0.254 e. The van der Waals surface area contributed by atoms with Crippen LogP contribution < -0.4 is 5.32 Å². The fourth-order valence-corrected chi connectivity index (χ4v) is 6.28. The van der Waals surface area contributed by atoms with Crippen LogP contribution in [0.3, 0.4) is 0 Å². The van der Waals surface area contributed by atoms with Crippen molar-refractivity contribution in [1.29, 1.82) is 0 Å². The molecular weight excluding hydrogens is 250 g/mol. The molecule has 2 unspecified atom stereocenters. The Labute approximate surface area is 119 Å². The quantitative estimate of drug-likeness (QED) is 0.870. The molecule has 4 aliphatic carbocycles. The minimum Gasteiger partial charge on any atom is -0.346 e. The molecule has 0 saturated heterocycles. The van der Waals surface area contributed by atoms with Gasteiger partial charge in [-0.2, -0.15) is 5.10 Å². The van der Waals surface area contributed by atoms with E-state index in [-0.39, 0.29) is 11.4 Å². The lowest BCUT2D eigenvalue weighted by Gasteiger charge is -2.65. The van der Waals surface area contributed by atoms with Crippen molar-refractivity contribution in [2.24, 2.45) is 16.7 Å². The van der Waals surface area contributed by atoms with Crippen LogP contribution in [-0.4, -0.2) is 21.6 Å². The molecule has 1 amide bonds. The van der Waals surface area contributed by atoms with Gasteiger partial charge in [0.1, 0.15) is 0 Å². The SMILES string of the molecule is CC12CC3CC(C)(C1)CC(NC(=O)c1cn[nH]c1)(C3)C2. The molecule has 4 fully saturated rings. The average molecular weight is 273 g/mol. The van der Waals surface area contributed by atoms with Crippen LogP contribution in [0.1, 0.15) is 62.7 Å². The minimum atomic E-state index is 0.0251. The van der Waals surface area contributed by atoms with E-state index in [1.807, 2.05) is 0 Å². The van der Waals surface area contributed by atoms with Crippen LogP contribution in [0.4, 0.5) is 0 Å². The van der Waals surface area contributed by atoms with E-state index in [1.165, 1.54) is 25.7 Å². The van der Waals surface area contributed by atoms with Crippen LogP contribution in [0.2, 0.25) is 0 Å². The lowest BCUT2D eigenvalue weighted by Crippen LogP contribution is -2.65. The topological polar surface area (TPSA) is 57.8 Å². The standard InChI is InChI=1S/C16H23N3O/c1-14-3-11-4-15(2,8-14)10-16(5-11,9-14)19-13(20)12-6-17-18-7-12/h6-7,11H,3-5,8-10H2,1-2H3,(H,17,18)(H,19,20). The highest BCUT2D eigenvalue weighted by atomic mass is 16.1. The number of hydrogen-bond donors (Lipinski definition) is 2. The fraction of sp³-hybridized carbons (Fsp3) is 0.750. The number of carbonyl (C=O) groups excluding carboxylic acids is 1. The third-order valence-corrected chi connectivity index (χ3v) is 5.77. The van der Waals surface area contributed by atoms with Crippen molar-refractivity contribution in [2.75, 3.05) is 0 Å². The molecule has 1 aromatic heterocycles. The van der Waals surface area contributed by atoms with Gasteiger partial charge in [-0.3, -0.25) is 9.89 Å². The molecule has 0 aromatic carbocycles. The Morgan fingerprint density at radius 2 is 1.95 bits per heavy atom. The number of amides is 1. The lowest BCUT2D eigenvalue weighted by molar-refractivity contribution is -0.114. The fourth-order valence-electron chi connectivity index (χ4n) is 6.28. The van der Waals surface area contributed by atoms with Gasteiger partial charge in [0, 0.05) is 11.7 Å². The second-order valence-corrected chi connectivity index (χ2v) is 8.35. The highest BCUT2D eigenvalue weighted by molar-refractivity contribution is 5.94. The summed E-state index contributed by atoms with van der Waals surface area (Å²) in [6, 6.07) is 0. The summed E-state index contributed by atoms with van der Waals surface area (Å²) < 4.78 is 0. The zero-order valence-electron chi connectivity index (χ0n) is 12.3. The van der Waals surface area contributed by atoms with E-state index >= 15 is 0 Å². The summed E-state index contributed by atoms with van der Waals surface area (Å²) in [5.41, 5.74) is 1.53. The van der Waals surface area contributed by atoms with Crippen LogP contribution >= 0.6 is 0 Å². The van der Waals surface area contributed by atoms with Crippen molar-refractivity contribution in [2.45, 2.75) is 57.9 Å². The number of hydrogen-bond acceptors (Lipinski definition) is 2. The van der Waals surface area contributed by atoms with E-state index in [1.54, 1.807) is 12.4 Å². The first-order chi connectivity index (χ1) is 9.40. The number of rotatable bonds is 2. The number of H-pyrrole nitrogens is 1. The van der Waals surface area contributed by atoms with Gasteiger partial charge in [0.05, 0.1) is 11.8 Å². The van der Waals surface area contributed by atoms with Crippen molar-refractivity contribution in [3.63, 3.8) is 0 Å². The predicted octanol–water partition coefficient (Wildman–Crippen LogP) is 2.89. The molecule has 4 nitrogen and oxygen atoms in total. The summed E-state index contributed by atoms with van der Waals surface area (Å²) in [6.45, 7) is 4.85. The van der Waals surface area contributed by atoms with Gasteiger partial charge >= 0.3 is 0 Å². The van der Waals surface area contributed by atoms with E-state index in [0.29, 0.717) is 16.4 Å². The normalized spacial score (nSPS) is 45.6. The summed E-state index contributed by atoms with van der Waals surface area (Å²) in [5, 5.41) is 9.98. The zero-order valence-corrected chi connectivity index (χ0v) is 12.3. The van der Waals surface area contributed by atoms with Gasteiger partial charge in [-0.15, -0.1) is 0 Å². The molecule has 4 bridgehead atoms. The maximum absolute atomic E-state index is 12.4. The molecule has 0 radical (unpaired) electrons. The molecule has 2 N–H and O–H groups in total. The molecular formula is C16H23N3O. The van der Waals surface area contributed by atoms with Crippen LogP contribution in [-0.2, 0) is 0 Å². The molecule has 1 heterocycles. The Kier molecular flexibility index (Phi) is 2.27. The molecule has 20 heavy (non-hydrogen) atoms. The van der Waals surface area contributed by atoms with Crippen molar-refractivity contribution in [3.05, 3.63) is 18.0 Å². The van der Waals surface area contributed by atoms with E-state index < -0.39 is 0 Å². The third-order valence-electron chi connectivity index (χ3n) is 5.77. The first-order valence-corrected chi connectivity index (χ1v) is 7.71. The van der Waals surface area contributed by atoms with Gasteiger partial charge in [0.25, 0.3) is 5.91 Å². The van der Waals surface area contributed by atoms with Crippen LogP contribution in [0.15, 0.2) is 12.4 Å². The Hall–Kier alpha value is -1.32. The zero-order chi connectivity index (χ0) is 14.0. The van der Waals surface area contributed by atoms with E-state index in [4.69, 9.17) is 0 Å². The largest absolute Gasteiger partial charge is 0.346 e. The molecule has 2 atom stereocenters. The molecule has 108 valence electrons. The predicted molar refractivity (Wildman–Crippen MR) is 76.2 cm³/mol. The second kappa shape index (κ2) is 3.66. The number of aromatic amines is 1. The Morgan fingerprint density at radius 1 is 1.25 bits per heavy atom. The van der Waals surface area contributed by atoms with E-state index in [0.717, 1.165) is 18.8 Å². The van der Waals surface area contributed by atoms with E-state index in [2.05, 4.69) is 29.4 Å². The van der Waals surface area contributed by atoms with Gasteiger partial charge in [0.15, 0.2) is 0 Å². The molecule has 4 aliphatic rings. The Morgan fingerprint density at radius 3 is 2.50 bits per heavy atom. The highest BCUT2D eigenvalue weighted by Crippen LogP contribution is 2.66. The summed E-state index contributed by atoms with van der Waals surface area (Å²) in [6.07, 6.45) is 10.8. The van der Waals surface area contributed by atoms with Crippen molar-refractivity contribution >= 4 is 5.91 Å². The lowest BCUT2D eigenvalue weighted by atomic mass is 9.43. The van der Waals surface area contributed by atoms with Crippen molar-refractivity contribution in [3.8, 4) is 0 Å². The number of aromatic nitrogens is 2. The average Bonchev–Trinajstić information content (AvgIpc) is 2.75. The van der Waals surface area contributed by atoms with Gasteiger partial charge in [-0.25, -0.2) is 0 Å². The van der Waals surface area contributed by atoms with E-state index in [9.17, 15) is 4.79 Å². The molecule has 0 aliphatic heterocycles. The first-order valence-electron chi connectivity index (χ1n) is 7.71. The first kappa shape index (κ1) is 12.4. The monoisotopic (exact) mass is 273 g/mol. The Bertz CT molecular complexity index is 532. The molecule has 1 aromatic rings. The van der Waals surface area contributed by atoms with Crippen LogP contribution in [0, 0.1) is 16.7 Å². The maximum atomic E-state index is 12.4. The molecule has 0 spiro atoms.